The molecular formula is C11H13BF3KS. The molecule has 0 nitrogen and oxygen atoms in total. The van der Waals surface area contributed by atoms with Crippen LogP contribution in [-0.4, -0.2) is 12.7 Å². The molecule has 0 radical (unpaired) electrons. The Balaban J connectivity index is 0.00000256. The summed E-state index contributed by atoms with van der Waals surface area (Å²) in [6.45, 7) is 1.98. The SMILES string of the molecule is C=C(CSc1cc(C)ccc1C)[B-](F)(F)F.[K+]. The Morgan fingerprint density at radius 1 is 1.29 bits per heavy atom. The van der Waals surface area contributed by atoms with Gasteiger partial charge in [-0.25, -0.2) is 0 Å². The first-order valence-electron chi connectivity index (χ1n) is 4.88. The third kappa shape index (κ3) is 5.98. The second-order valence-electron chi connectivity index (χ2n) is 3.79. The molecule has 0 aliphatic heterocycles. The van der Waals surface area contributed by atoms with Gasteiger partial charge in [0.1, 0.15) is 0 Å². The van der Waals surface area contributed by atoms with Gasteiger partial charge in [-0.2, -0.15) is 0 Å². The molecule has 0 aliphatic carbocycles. The van der Waals surface area contributed by atoms with E-state index in [1.165, 1.54) is 11.8 Å². The van der Waals surface area contributed by atoms with Crippen LogP contribution in [0.4, 0.5) is 12.9 Å². The topological polar surface area (TPSA) is 0 Å². The van der Waals surface area contributed by atoms with Crippen LogP contribution >= 0.6 is 11.8 Å². The molecule has 0 heterocycles. The molecule has 0 unspecified atom stereocenters. The van der Waals surface area contributed by atoms with E-state index in [9.17, 15) is 12.9 Å². The van der Waals surface area contributed by atoms with E-state index in [0.717, 1.165) is 16.0 Å². The average molecular weight is 284 g/mol. The molecule has 0 N–H and O–H groups in total. The van der Waals surface area contributed by atoms with E-state index in [0.29, 0.717) is 0 Å². The van der Waals surface area contributed by atoms with Gasteiger partial charge in [-0.3, -0.25) is 0 Å². The van der Waals surface area contributed by atoms with Crippen molar-refractivity contribution >= 4 is 18.7 Å². The zero-order valence-corrected chi connectivity index (χ0v) is 14.2. The number of aryl methyl sites for hydroxylation is 2. The Morgan fingerprint density at radius 2 is 1.88 bits per heavy atom. The van der Waals surface area contributed by atoms with Crippen LogP contribution in [-0.2, 0) is 0 Å². The van der Waals surface area contributed by atoms with Crippen LogP contribution in [0.15, 0.2) is 35.1 Å². The largest absolute Gasteiger partial charge is 1.00 e. The monoisotopic (exact) mass is 284 g/mol. The molecular weight excluding hydrogens is 271 g/mol. The van der Waals surface area contributed by atoms with Crippen molar-refractivity contribution < 1.29 is 64.3 Å². The summed E-state index contributed by atoms with van der Waals surface area (Å²) in [6.07, 6.45) is 0. The molecule has 17 heavy (non-hydrogen) atoms. The second-order valence-corrected chi connectivity index (χ2v) is 4.81. The quantitative estimate of drug-likeness (QED) is 0.594. The summed E-state index contributed by atoms with van der Waals surface area (Å²) in [5, 5.41) is 0. The number of thioether (sulfide) groups is 1. The minimum Gasteiger partial charge on any atom is -0.445 e. The molecule has 1 rings (SSSR count). The van der Waals surface area contributed by atoms with Crippen LogP contribution in [0.3, 0.4) is 0 Å². The number of halogens is 3. The van der Waals surface area contributed by atoms with Crippen LogP contribution < -0.4 is 51.4 Å². The Hall–Kier alpha value is 0.801. The van der Waals surface area contributed by atoms with Gasteiger partial charge in [0.05, 0.1) is 0 Å². The van der Waals surface area contributed by atoms with Gasteiger partial charge in [0.2, 0.25) is 0 Å². The van der Waals surface area contributed by atoms with Crippen molar-refractivity contribution in [1.29, 1.82) is 0 Å². The van der Waals surface area contributed by atoms with Gasteiger partial charge in [0.25, 0.3) is 0 Å². The summed E-state index contributed by atoms with van der Waals surface area (Å²) in [6, 6.07) is 5.76. The molecule has 0 spiro atoms. The first-order chi connectivity index (χ1) is 7.30. The maximum Gasteiger partial charge on any atom is 1.00 e. The van der Waals surface area contributed by atoms with Crippen LogP contribution in [0.5, 0.6) is 0 Å². The third-order valence-corrected chi connectivity index (χ3v) is 3.49. The molecule has 0 fully saturated rings. The van der Waals surface area contributed by atoms with Crippen molar-refractivity contribution in [3.05, 3.63) is 41.4 Å². The summed E-state index contributed by atoms with van der Waals surface area (Å²) in [5.41, 5.74) is 1.42. The first kappa shape index (κ1) is 17.8. The van der Waals surface area contributed by atoms with Crippen molar-refractivity contribution in [3.8, 4) is 0 Å². The molecule has 1 aromatic carbocycles. The van der Waals surface area contributed by atoms with E-state index in [2.05, 4.69) is 6.58 Å². The van der Waals surface area contributed by atoms with Gasteiger partial charge in [0.15, 0.2) is 0 Å². The fourth-order valence-electron chi connectivity index (χ4n) is 1.13. The molecule has 0 bridgehead atoms. The van der Waals surface area contributed by atoms with E-state index in [1.54, 1.807) is 0 Å². The summed E-state index contributed by atoms with van der Waals surface area (Å²) in [5.74, 6) is -0.0895. The summed E-state index contributed by atoms with van der Waals surface area (Å²) in [4.78, 5) is 0.890. The minimum absolute atomic E-state index is 0. The standard InChI is InChI=1S/C11H13BF3S.K/c1-8-4-5-9(2)11(6-8)16-7-10(3)12(13,14)15;/h4-6H,3,7H2,1-2H3;/q-1;+1. The Labute approximate surface area is 147 Å². The molecule has 0 saturated heterocycles. The van der Waals surface area contributed by atoms with Gasteiger partial charge in [-0.05, 0) is 31.2 Å². The third-order valence-electron chi connectivity index (χ3n) is 2.22. The van der Waals surface area contributed by atoms with Gasteiger partial charge < -0.3 is 12.9 Å². The van der Waals surface area contributed by atoms with Crippen LogP contribution in [0.1, 0.15) is 11.1 Å². The zero-order chi connectivity index (χ0) is 12.3. The van der Waals surface area contributed by atoms with Crippen molar-refractivity contribution in [2.45, 2.75) is 18.7 Å². The van der Waals surface area contributed by atoms with Crippen molar-refractivity contribution in [3.63, 3.8) is 0 Å². The van der Waals surface area contributed by atoms with E-state index < -0.39 is 12.4 Å². The molecule has 0 aliphatic rings. The summed E-state index contributed by atoms with van der Waals surface area (Å²) < 4.78 is 36.8. The fraction of sp³-hybridized carbons (Fsp3) is 0.273. The van der Waals surface area contributed by atoms with E-state index in [1.807, 2.05) is 32.0 Å². The van der Waals surface area contributed by atoms with Crippen LogP contribution in [0, 0.1) is 13.8 Å². The zero-order valence-electron chi connectivity index (χ0n) is 10.3. The van der Waals surface area contributed by atoms with E-state index in [4.69, 9.17) is 0 Å². The maximum atomic E-state index is 12.3. The first-order valence-corrected chi connectivity index (χ1v) is 5.87. The smallest absolute Gasteiger partial charge is 0.445 e. The Kier molecular flexibility index (Phi) is 7.75. The second kappa shape index (κ2) is 7.41. The molecule has 1 aromatic rings. The van der Waals surface area contributed by atoms with Gasteiger partial charge >= 0.3 is 58.4 Å². The predicted octanol–water partition coefficient (Wildman–Crippen LogP) is 1.34. The van der Waals surface area contributed by atoms with Crippen molar-refractivity contribution in [2.24, 2.45) is 0 Å². The van der Waals surface area contributed by atoms with Gasteiger partial charge in [-0.1, -0.05) is 17.7 Å². The molecule has 0 saturated carbocycles. The maximum absolute atomic E-state index is 12.3. The minimum atomic E-state index is -4.91. The average Bonchev–Trinajstić information content (AvgIpc) is 2.17. The van der Waals surface area contributed by atoms with E-state index >= 15 is 0 Å². The number of hydrogen-bond acceptors (Lipinski definition) is 1. The van der Waals surface area contributed by atoms with Crippen molar-refractivity contribution in [1.82, 2.24) is 0 Å². The van der Waals surface area contributed by atoms with E-state index in [-0.39, 0.29) is 57.1 Å². The normalized spacial score (nSPS) is 10.9. The van der Waals surface area contributed by atoms with Crippen molar-refractivity contribution in [2.75, 3.05) is 5.75 Å². The number of rotatable bonds is 4. The Bertz CT molecular complexity index is 404. The molecule has 88 valence electrons. The van der Waals surface area contributed by atoms with Crippen LogP contribution in [0.25, 0.3) is 0 Å². The molecule has 6 heteroatoms. The number of hydrogen-bond donors (Lipinski definition) is 0. The van der Waals surface area contributed by atoms with Crippen LogP contribution in [0.2, 0.25) is 0 Å². The molecule has 0 amide bonds. The number of benzene rings is 1. The summed E-state index contributed by atoms with van der Waals surface area (Å²) >= 11 is 1.19. The summed E-state index contributed by atoms with van der Waals surface area (Å²) in [7, 11) is 0. The molecule has 0 aromatic heterocycles. The molecule has 0 atom stereocenters. The van der Waals surface area contributed by atoms with Gasteiger partial charge in [-0.15, -0.1) is 23.8 Å². The van der Waals surface area contributed by atoms with Gasteiger partial charge in [0, 0.05) is 4.90 Å². The Morgan fingerprint density at radius 3 is 2.41 bits per heavy atom. The fourth-order valence-corrected chi connectivity index (χ4v) is 2.22. The predicted molar refractivity (Wildman–Crippen MR) is 64.9 cm³/mol.